The third kappa shape index (κ3) is 5.00. The van der Waals surface area contributed by atoms with Gasteiger partial charge in [0.2, 0.25) is 0 Å². The van der Waals surface area contributed by atoms with Crippen LogP contribution < -0.4 is 0 Å². The van der Waals surface area contributed by atoms with Crippen molar-refractivity contribution in [2.75, 3.05) is 19.8 Å². The Kier molecular flexibility index (Phi) is 9.94. The molecule has 0 aromatic carbocycles. The zero-order valence-corrected chi connectivity index (χ0v) is 23.9. The highest BCUT2D eigenvalue weighted by Crippen LogP contribution is 2.69. The highest BCUT2D eigenvalue weighted by Gasteiger charge is 2.65. The molecule has 2 saturated carbocycles. The molecule has 3 aliphatic carbocycles. The lowest BCUT2D eigenvalue weighted by atomic mass is 9.43. The maximum Gasteiger partial charge on any atom is 0.0710 e. The topological polar surface area (TPSA) is 18.5 Å². The second-order valence-corrected chi connectivity index (χ2v) is 12.4. The van der Waals surface area contributed by atoms with Gasteiger partial charge in [0.25, 0.3) is 0 Å². The molecule has 7 atom stereocenters. The van der Waals surface area contributed by atoms with Gasteiger partial charge in [0.15, 0.2) is 0 Å². The van der Waals surface area contributed by atoms with Crippen LogP contribution in [0.15, 0.2) is 37.5 Å². The van der Waals surface area contributed by atoms with Crippen molar-refractivity contribution in [3.8, 4) is 0 Å². The van der Waals surface area contributed by atoms with Gasteiger partial charge in [0, 0.05) is 17.4 Å². The molecule has 0 heterocycles. The quantitative estimate of drug-likeness (QED) is 0.170. The average Bonchev–Trinajstić information content (AvgIpc) is 3.13. The molecule has 0 amide bonds. The van der Waals surface area contributed by atoms with Crippen LogP contribution in [0.1, 0.15) is 112 Å². The maximum atomic E-state index is 6.65. The summed E-state index contributed by atoms with van der Waals surface area (Å²) in [5, 5.41) is 0. The largest absolute Gasteiger partial charge is 0.381 e. The Bertz CT molecular complexity index is 727. The first-order valence-electron chi connectivity index (χ1n) is 15.0. The van der Waals surface area contributed by atoms with Crippen LogP contribution in [0.2, 0.25) is 0 Å². The fraction of sp³-hybridized carbons (Fsp3) is 0.818. The lowest BCUT2D eigenvalue weighted by Crippen LogP contribution is -2.58. The molecule has 3 rings (SSSR count). The molecule has 2 fully saturated rings. The van der Waals surface area contributed by atoms with Crippen molar-refractivity contribution in [1.29, 1.82) is 0 Å². The molecule has 3 aliphatic rings. The van der Waals surface area contributed by atoms with Gasteiger partial charge >= 0.3 is 0 Å². The van der Waals surface area contributed by atoms with Gasteiger partial charge in [-0.1, -0.05) is 77.7 Å². The SMILES string of the molecule is C=CCCOC1(C)CCC2[C@@H]3C=C[C@](CC)(COCCC)[C@](C=C)(CCCCCC)C3CC[C@@]21C. The Morgan fingerprint density at radius 3 is 2.37 bits per heavy atom. The van der Waals surface area contributed by atoms with E-state index >= 15 is 0 Å². The van der Waals surface area contributed by atoms with Crippen molar-refractivity contribution in [3.63, 3.8) is 0 Å². The maximum absolute atomic E-state index is 6.65. The van der Waals surface area contributed by atoms with Crippen molar-refractivity contribution in [1.82, 2.24) is 0 Å². The first-order valence-corrected chi connectivity index (χ1v) is 15.0. The summed E-state index contributed by atoms with van der Waals surface area (Å²) in [6.07, 6.45) is 24.3. The first kappa shape index (κ1) is 28.7. The molecule has 0 saturated heterocycles. The van der Waals surface area contributed by atoms with Crippen LogP contribution >= 0.6 is 0 Å². The van der Waals surface area contributed by atoms with Gasteiger partial charge in [-0.25, -0.2) is 0 Å². The zero-order chi connectivity index (χ0) is 25.6. The van der Waals surface area contributed by atoms with E-state index in [1.165, 1.54) is 57.8 Å². The molecular formula is C33H56O2. The summed E-state index contributed by atoms with van der Waals surface area (Å²) in [6, 6.07) is 0. The molecule has 2 nitrogen and oxygen atoms in total. The number of rotatable bonds is 15. The van der Waals surface area contributed by atoms with Gasteiger partial charge in [-0.3, -0.25) is 0 Å². The molecule has 0 aromatic heterocycles. The third-order valence-corrected chi connectivity index (χ3v) is 11.0. The molecule has 200 valence electrons. The highest BCUT2D eigenvalue weighted by atomic mass is 16.5. The monoisotopic (exact) mass is 484 g/mol. The third-order valence-electron chi connectivity index (χ3n) is 11.0. The predicted octanol–water partition coefficient (Wildman–Crippen LogP) is 9.32. The minimum atomic E-state index is -0.0268. The van der Waals surface area contributed by atoms with Crippen LogP contribution in [0.5, 0.6) is 0 Å². The van der Waals surface area contributed by atoms with Crippen molar-refractivity contribution in [3.05, 3.63) is 37.5 Å². The molecule has 0 radical (unpaired) electrons. The van der Waals surface area contributed by atoms with E-state index in [4.69, 9.17) is 9.47 Å². The van der Waals surface area contributed by atoms with E-state index in [0.717, 1.165) is 39.1 Å². The van der Waals surface area contributed by atoms with E-state index in [-0.39, 0.29) is 21.8 Å². The Morgan fingerprint density at radius 1 is 0.943 bits per heavy atom. The summed E-state index contributed by atoms with van der Waals surface area (Å²) in [5.74, 6) is 1.96. The Hall–Kier alpha value is -0.860. The van der Waals surface area contributed by atoms with E-state index in [1.54, 1.807) is 0 Å². The molecule has 0 bridgehead atoms. The molecular weight excluding hydrogens is 428 g/mol. The second-order valence-electron chi connectivity index (χ2n) is 12.4. The summed E-state index contributed by atoms with van der Waals surface area (Å²) in [5.41, 5.74) is 0.390. The van der Waals surface area contributed by atoms with Crippen LogP contribution in [0, 0.1) is 34.0 Å². The Morgan fingerprint density at radius 2 is 1.71 bits per heavy atom. The van der Waals surface area contributed by atoms with Gasteiger partial charge in [0.05, 0.1) is 18.8 Å². The summed E-state index contributed by atoms with van der Waals surface area (Å²) >= 11 is 0. The van der Waals surface area contributed by atoms with Crippen LogP contribution in [-0.2, 0) is 9.47 Å². The number of hydrogen-bond acceptors (Lipinski definition) is 2. The normalized spacial score (nSPS) is 40.3. The van der Waals surface area contributed by atoms with Crippen LogP contribution in [0.4, 0.5) is 0 Å². The van der Waals surface area contributed by atoms with Crippen molar-refractivity contribution in [2.45, 2.75) is 117 Å². The van der Waals surface area contributed by atoms with Crippen molar-refractivity contribution in [2.24, 2.45) is 34.0 Å². The second kappa shape index (κ2) is 12.1. The highest BCUT2D eigenvalue weighted by molar-refractivity contribution is 5.27. The minimum absolute atomic E-state index is 0.0268. The van der Waals surface area contributed by atoms with E-state index in [1.807, 2.05) is 6.08 Å². The molecule has 3 unspecified atom stereocenters. The van der Waals surface area contributed by atoms with Gasteiger partial charge in [0.1, 0.15) is 0 Å². The van der Waals surface area contributed by atoms with Crippen LogP contribution in [0.3, 0.4) is 0 Å². The number of fused-ring (bicyclic) bond motifs is 3. The number of hydrogen-bond donors (Lipinski definition) is 0. The number of allylic oxidation sites excluding steroid dienone is 2. The van der Waals surface area contributed by atoms with Crippen molar-refractivity contribution < 1.29 is 9.47 Å². The molecule has 0 N–H and O–H groups in total. The average molecular weight is 485 g/mol. The Balaban J connectivity index is 1.96. The van der Waals surface area contributed by atoms with Crippen LogP contribution in [-0.4, -0.2) is 25.4 Å². The Labute approximate surface area is 218 Å². The summed E-state index contributed by atoms with van der Waals surface area (Å²) in [6.45, 7) is 22.8. The van der Waals surface area contributed by atoms with Gasteiger partial charge < -0.3 is 9.47 Å². The van der Waals surface area contributed by atoms with E-state index in [9.17, 15) is 0 Å². The molecule has 0 spiro atoms. The van der Waals surface area contributed by atoms with E-state index in [2.05, 4.69) is 66.0 Å². The summed E-state index contributed by atoms with van der Waals surface area (Å²) < 4.78 is 13.0. The fourth-order valence-corrected chi connectivity index (χ4v) is 8.58. The standard InChI is InChI=1S/C33H56O2/c1-8-13-15-16-20-33(12-5)29-18-21-30(6)28(19-22-31(30,7)35-25-14-9-2)27(29)17-23-32(33,11-4)26-34-24-10-3/h9,12,17,23,27-29H,2,5,8,10-11,13-16,18-22,24-26H2,1,3-4,6-7H3/t27-,28?,29?,30-,31?,32+,33+/m0/s1. The first-order chi connectivity index (χ1) is 16.8. The summed E-state index contributed by atoms with van der Waals surface area (Å²) in [4.78, 5) is 0. The zero-order valence-electron chi connectivity index (χ0n) is 23.9. The molecule has 35 heavy (non-hydrogen) atoms. The fourth-order valence-electron chi connectivity index (χ4n) is 8.58. The summed E-state index contributed by atoms with van der Waals surface area (Å²) in [7, 11) is 0. The molecule has 2 heteroatoms. The smallest absolute Gasteiger partial charge is 0.0710 e. The molecule has 0 aromatic rings. The van der Waals surface area contributed by atoms with E-state index < -0.39 is 0 Å². The van der Waals surface area contributed by atoms with Crippen LogP contribution in [0.25, 0.3) is 0 Å². The lowest BCUT2D eigenvalue weighted by molar-refractivity contribution is -0.152. The predicted molar refractivity (Wildman–Crippen MR) is 151 cm³/mol. The number of ether oxygens (including phenoxy) is 2. The number of unbranched alkanes of at least 4 members (excludes halogenated alkanes) is 3. The lowest BCUT2D eigenvalue weighted by Gasteiger charge is -2.62. The van der Waals surface area contributed by atoms with Crippen molar-refractivity contribution >= 4 is 0 Å². The molecule has 0 aliphatic heterocycles. The van der Waals surface area contributed by atoms with Gasteiger partial charge in [-0.15, -0.1) is 13.2 Å². The van der Waals surface area contributed by atoms with Gasteiger partial charge in [-0.2, -0.15) is 0 Å². The van der Waals surface area contributed by atoms with E-state index in [0.29, 0.717) is 17.8 Å². The minimum Gasteiger partial charge on any atom is -0.381 e. The van der Waals surface area contributed by atoms with Gasteiger partial charge in [-0.05, 0) is 81.5 Å².